The lowest BCUT2D eigenvalue weighted by Gasteiger charge is -2.09. The van der Waals surface area contributed by atoms with Gasteiger partial charge in [0, 0.05) is 36.2 Å². The number of nitrogens with zero attached hydrogens (tertiary/aromatic N) is 2. The Bertz CT molecular complexity index is 389. The molecule has 0 aromatic heterocycles. The Hall–Kier alpha value is -0.360. The smallest absolute Gasteiger partial charge is 0.398 e. The predicted molar refractivity (Wildman–Crippen MR) is 122 cm³/mol. The van der Waals surface area contributed by atoms with Gasteiger partial charge in [-0.15, -0.1) is 0 Å². The van der Waals surface area contributed by atoms with Gasteiger partial charge in [0.1, 0.15) is 26.2 Å². The van der Waals surface area contributed by atoms with Crippen molar-refractivity contribution in [3.05, 3.63) is 0 Å². The van der Waals surface area contributed by atoms with E-state index in [0.29, 0.717) is 22.3 Å². The molecule has 0 fully saturated rings. The molecule has 0 rings (SSSR count). The standard InChI is InChI=1S/C11H23NOS.C9H19NOS/c1-6-14-11(13)12(7-9(2)3)8-10(4)5;1-4-7-10(8-5-2)9(11)12-6-3/h9-10H,6-8H2,1-5H3;4-8H2,1-3H3/p+2. The second-order valence-electron chi connectivity index (χ2n) is 7.11. The van der Waals surface area contributed by atoms with E-state index in [4.69, 9.17) is 0 Å². The quantitative estimate of drug-likeness (QED) is 0.286. The van der Waals surface area contributed by atoms with Crippen molar-refractivity contribution in [2.45, 2.75) is 68.2 Å². The summed E-state index contributed by atoms with van der Waals surface area (Å²) in [4.78, 5) is 0. The van der Waals surface area contributed by atoms with E-state index in [1.54, 1.807) is 0 Å². The Kier molecular flexibility index (Phi) is 19.3. The van der Waals surface area contributed by atoms with Crippen LogP contribution in [-0.2, 0) is 0 Å². The van der Waals surface area contributed by atoms with E-state index >= 15 is 0 Å². The first kappa shape index (κ1) is 27.9. The first-order chi connectivity index (χ1) is 12.2. The molecule has 156 valence electrons. The summed E-state index contributed by atoms with van der Waals surface area (Å²) in [6.45, 7) is 20.9. The van der Waals surface area contributed by atoms with Crippen LogP contribution < -0.4 is 0 Å². The summed E-state index contributed by atoms with van der Waals surface area (Å²) in [5.74, 6) is 3.05. The van der Waals surface area contributed by atoms with Crippen molar-refractivity contribution in [3.8, 4) is 0 Å². The molecule has 0 aliphatic carbocycles. The van der Waals surface area contributed by atoms with Gasteiger partial charge in [0.05, 0.1) is 0 Å². The van der Waals surface area contributed by atoms with Crippen LogP contribution in [0, 0.1) is 11.8 Å². The molecule has 26 heavy (non-hydrogen) atoms. The first-order valence-corrected chi connectivity index (χ1v) is 12.1. The van der Waals surface area contributed by atoms with Gasteiger partial charge < -0.3 is 10.2 Å². The maximum atomic E-state index is 9.81. The molecule has 0 aliphatic heterocycles. The highest BCUT2D eigenvalue weighted by molar-refractivity contribution is 8.13. The average Bonchev–Trinajstić information content (AvgIpc) is 2.54. The summed E-state index contributed by atoms with van der Waals surface area (Å²) < 4.78 is 4.14. The van der Waals surface area contributed by atoms with Gasteiger partial charge in [-0.1, -0.05) is 55.4 Å². The van der Waals surface area contributed by atoms with Gasteiger partial charge in [-0.05, 0) is 23.5 Å². The molecule has 6 heteroatoms. The highest BCUT2D eigenvalue weighted by Crippen LogP contribution is 2.05. The molecule has 0 heterocycles. The van der Waals surface area contributed by atoms with E-state index < -0.39 is 0 Å². The zero-order chi connectivity index (χ0) is 20.5. The molecule has 4 nitrogen and oxygen atoms in total. The van der Waals surface area contributed by atoms with E-state index in [0.717, 1.165) is 50.5 Å². The Morgan fingerprint density at radius 3 is 1.31 bits per heavy atom. The summed E-state index contributed by atoms with van der Waals surface area (Å²) in [5, 5.41) is 20.4. The minimum absolute atomic E-state index is 0.481. The Morgan fingerprint density at radius 1 is 0.692 bits per heavy atom. The van der Waals surface area contributed by atoms with Crippen LogP contribution in [0.1, 0.15) is 68.2 Å². The van der Waals surface area contributed by atoms with Gasteiger partial charge in [-0.25, -0.2) is 0 Å². The van der Waals surface area contributed by atoms with Gasteiger partial charge in [0.15, 0.2) is 0 Å². The molecule has 0 atom stereocenters. The normalized spacial score (nSPS) is 10.5. The van der Waals surface area contributed by atoms with Gasteiger partial charge in [0.2, 0.25) is 0 Å². The van der Waals surface area contributed by atoms with Crippen molar-refractivity contribution in [2.24, 2.45) is 11.8 Å². The monoisotopic (exact) mass is 408 g/mol. The molecule has 0 aromatic rings. The van der Waals surface area contributed by atoms with Crippen LogP contribution in [-0.4, -0.2) is 67.5 Å². The highest BCUT2D eigenvalue weighted by Gasteiger charge is 2.16. The van der Waals surface area contributed by atoms with Crippen LogP contribution in [0.3, 0.4) is 0 Å². The van der Waals surface area contributed by atoms with E-state index in [1.807, 2.05) is 4.58 Å². The van der Waals surface area contributed by atoms with Crippen molar-refractivity contribution < 1.29 is 19.4 Å². The molecule has 0 aliphatic rings. The fraction of sp³-hybridized carbons (Fsp3) is 0.900. The second-order valence-corrected chi connectivity index (χ2v) is 9.57. The minimum Gasteiger partial charge on any atom is -0.455 e. The molecule has 0 aromatic carbocycles. The molecular formula is C20H44N2O2S2+2. The fourth-order valence-corrected chi connectivity index (χ4v) is 3.61. The van der Waals surface area contributed by atoms with E-state index in [9.17, 15) is 10.2 Å². The largest absolute Gasteiger partial charge is 0.455 e. The Balaban J connectivity index is 0. The highest BCUT2D eigenvalue weighted by atomic mass is 32.2. The first-order valence-electron chi connectivity index (χ1n) is 10.1. The molecule has 0 unspecified atom stereocenters. The van der Waals surface area contributed by atoms with Crippen molar-refractivity contribution in [1.29, 1.82) is 0 Å². The Morgan fingerprint density at radius 2 is 1.04 bits per heavy atom. The van der Waals surface area contributed by atoms with E-state index in [1.165, 1.54) is 23.5 Å². The number of rotatable bonds is 10. The summed E-state index contributed by atoms with van der Waals surface area (Å²) in [7, 11) is 0. The molecule has 0 radical (unpaired) electrons. The number of thioether (sulfide) groups is 2. The summed E-state index contributed by atoms with van der Waals surface area (Å²) in [5.41, 5.74) is 0. The summed E-state index contributed by atoms with van der Waals surface area (Å²) >= 11 is 3.04. The lowest BCUT2D eigenvalue weighted by Crippen LogP contribution is -2.27. The third-order valence-electron chi connectivity index (χ3n) is 3.25. The number of hydrogen-bond donors (Lipinski definition) is 2. The molecule has 0 saturated heterocycles. The Labute approximate surface area is 171 Å². The van der Waals surface area contributed by atoms with E-state index in [2.05, 4.69) is 60.0 Å². The van der Waals surface area contributed by atoms with E-state index in [-0.39, 0.29) is 0 Å². The molecule has 0 bridgehead atoms. The van der Waals surface area contributed by atoms with Crippen LogP contribution in [0.4, 0.5) is 0 Å². The van der Waals surface area contributed by atoms with Crippen molar-refractivity contribution in [2.75, 3.05) is 37.7 Å². The number of aliphatic hydroxyl groups excluding tert-OH is 2. The SMILES string of the molecule is CCC[N+](CCC)=C(O)SCC.CCSC(O)=[N+](CC(C)C)CC(C)C. The molecular weight excluding hydrogens is 364 g/mol. The minimum atomic E-state index is 0.481. The van der Waals surface area contributed by atoms with Crippen LogP contribution >= 0.6 is 23.5 Å². The maximum absolute atomic E-state index is 9.81. The van der Waals surface area contributed by atoms with Crippen LogP contribution in [0.5, 0.6) is 0 Å². The maximum Gasteiger partial charge on any atom is 0.398 e. The summed E-state index contributed by atoms with van der Waals surface area (Å²) in [6, 6.07) is 0. The third-order valence-corrected chi connectivity index (χ3v) is 4.86. The fourth-order valence-electron chi connectivity index (χ4n) is 2.40. The molecule has 0 amide bonds. The lowest BCUT2D eigenvalue weighted by atomic mass is 10.2. The zero-order valence-corrected chi connectivity index (χ0v) is 20.0. The van der Waals surface area contributed by atoms with Gasteiger partial charge in [-0.3, -0.25) is 0 Å². The van der Waals surface area contributed by atoms with Gasteiger partial charge in [-0.2, -0.15) is 9.15 Å². The molecule has 0 saturated carbocycles. The third kappa shape index (κ3) is 15.9. The predicted octanol–water partition coefficient (Wildman–Crippen LogP) is 5.46. The number of aliphatic hydroxyl groups is 2. The van der Waals surface area contributed by atoms with Crippen molar-refractivity contribution in [1.82, 2.24) is 0 Å². The lowest BCUT2D eigenvalue weighted by molar-refractivity contribution is -0.543. The van der Waals surface area contributed by atoms with Gasteiger partial charge >= 0.3 is 10.5 Å². The molecule has 0 spiro atoms. The van der Waals surface area contributed by atoms with Gasteiger partial charge in [0.25, 0.3) is 0 Å². The van der Waals surface area contributed by atoms with Crippen LogP contribution in [0.2, 0.25) is 0 Å². The topological polar surface area (TPSA) is 46.5 Å². The van der Waals surface area contributed by atoms with Crippen LogP contribution in [0.15, 0.2) is 0 Å². The summed E-state index contributed by atoms with van der Waals surface area (Å²) in [6.07, 6.45) is 2.18. The zero-order valence-electron chi connectivity index (χ0n) is 18.4. The molecule has 2 N–H and O–H groups in total. The van der Waals surface area contributed by atoms with Crippen LogP contribution in [0.25, 0.3) is 0 Å². The second kappa shape index (κ2) is 18.0. The number of hydrogen-bond acceptors (Lipinski definition) is 2. The van der Waals surface area contributed by atoms with Crippen molar-refractivity contribution >= 4 is 34.0 Å². The van der Waals surface area contributed by atoms with Crippen molar-refractivity contribution in [3.63, 3.8) is 0 Å². The average molecular weight is 409 g/mol.